The van der Waals surface area contributed by atoms with Gasteiger partial charge in [0.2, 0.25) is 0 Å². The van der Waals surface area contributed by atoms with Gasteiger partial charge >= 0.3 is 0 Å². The zero-order valence-corrected chi connectivity index (χ0v) is 11.2. The van der Waals surface area contributed by atoms with Crippen LogP contribution in [-0.2, 0) is 0 Å². The van der Waals surface area contributed by atoms with Crippen molar-refractivity contribution < 1.29 is 5.11 Å². The average Bonchev–Trinajstić information content (AvgIpc) is 2.85. The monoisotopic (exact) mass is 260 g/mol. The van der Waals surface area contributed by atoms with Gasteiger partial charge in [0.25, 0.3) is 0 Å². The Hall–Kier alpha value is -2.12. The summed E-state index contributed by atoms with van der Waals surface area (Å²) < 4.78 is 0. The van der Waals surface area contributed by atoms with E-state index in [2.05, 4.69) is 54.6 Å². The summed E-state index contributed by atoms with van der Waals surface area (Å²) in [5.74, 6) is 0.311. The molecule has 20 heavy (non-hydrogen) atoms. The third-order valence-corrected chi connectivity index (χ3v) is 4.37. The number of hydrogen-bond acceptors (Lipinski definition) is 1. The maximum absolute atomic E-state index is 10.2. The zero-order valence-electron chi connectivity index (χ0n) is 11.2. The standard InChI is InChI=1S/C19H16O/c20-19-12-18(16-7-3-4-8-17(16)19)15-10-9-13-5-1-2-6-14(13)11-15/h1-11,18-20H,12H2. The minimum absolute atomic E-state index is 0.311. The van der Waals surface area contributed by atoms with Gasteiger partial charge in [-0.25, -0.2) is 0 Å². The Morgan fingerprint density at radius 3 is 2.30 bits per heavy atom. The van der Waals surface area contributed by atoms with Crippen LogP contribution in [0.15, 0.2) is 66.7 Å². The molecule has 0 radical (unpaired) electrons. The molecule has 0 saturated heterocycles. The van der Waals surface area contributed by atoms with Crippen LogP contribution in [0.4, 0.5) is 0 Å². The number of rotatable bonds is 1. The molecule has 0 fully saturated rings. The molecule has 1 nitrogen and oxygen atoms in total. The van der Waals surface area contributed by atoms with Crippen LogP contribution in [0.2, 0.25) is 0 Å². The van der Waals surface area contributed by atoms with Crippen molar-refractivity contribution in [3.8, 4) is 0 Å². The first-order chi connectivity index (χ1) is 9.83. The van der Waals surface area contributed by atoms with Gasteiger partial charge in [-0.05, 0) is 33.9 Å². The Morgan fingerprint density at radius 2 is 1.45 bits per heavy atom. The molecule has 0 amide bonds. The summed E-state index contributed by atoms with van der Waals surface area (Å²) in [5, 5.41) is 12.8. The number of hydrogen-bond donors (Lipinski definition) is 1. The van der Waals surface area contributed by atoms with Gasteiger partial charge < -0.3 is 5.11 Å². The molecule has 3 aromatic rings. The van der Waals surface area contributed by atoms with Gasteiger partial charge in [-0.15, -0.1) is 0 Å². The Labute approximate surface area is 118 Å². The normalized spacial score (nSPS) is 21.1. The van der Waals surface area contributed by atoms with Crippen LogP contribution in [0, 0.1) is 0 Å². The van der Waals surface area contributed by atoms with Crippen molar-refractivity contribution in [1.29, 1.82) is 0 Å². The van der Waals surface area contributed by atoms with Crippen molar-refractivity contribution in [1.82, 2.24) is 0 Å². The van der Waals surface area contributed by atoms with Gasteiger partial charge in [0.05, 0.1) is 6.10 Å². The summed E-state index contributed by atoms with van der Waals surface area (Å²) in [5.41, 5.74) is 3.66. The van der Waals surface area contributed by atoms with Gasteiger partial charge in [0.1, 0.15) is 0 Å². The Morgan fingerprint density at radius 1 is 0.750 bits per heavy atom. The molecule has 0 saturated carbocycles. The number of fused-ring (bicyclic) bond motifs is 2. The van der Waals surface area contributed by atoms with Crippen molar-refractivity contribution in [2.24, 2.45) is 0 Å². The van der Waals surface area contributed by atoms with Crippen LogP contribution in [0.3, 0.4) is 0 Å². The highest BCUT2D eigenvalue weighted by Crippen LogP contribution is 2.44. The topological polar surface area (TPSA) is 20.2 Å². The first kappa shape index (κ1) is 11.7. The highest BCUT2D eigenvalue weighted by molar-refractivity contribution is 5.83. The Bertz CT molecular complexity index is 775. The fourth-order valence-corrected chi connectivity index (χ4v) is 3.35. The molecular formula is C19H16O. The average molecular weight is 260 g/mol. The molecule has 0 aliphatic heterocycles. The van der Waals surface area contributed by atoms with Crippen molar-refractivity contribution in [3.63, 3.8) is 0 Å². The van der Waals surface area contributed by atoms with E-state index in [0.29, 0.717) is 5.92 Å². The highest BCUT2D eigenvalue weighted by atomic mass is 16.3. The summed E-state index contributed by atoms with van der Waals surface area (Å²) in [6, 6.07) is 23.3. The summed E-state index contributed by atoms with van der Waals surface area (Å²) in [6.45, 7) is 0. The largest absolute Gasteiger partial charge is 0.388 e. The molecule has 2 atom stereocenters. The molecule has 1 aliphatic carbocycles. The first-order valence-electron chi connectivity index (χ1n) is 7.08. The lowest BCUT2D eigenvalue weighted by Crippen LogP contribution is -1.96. The smallest absolute Gasteiger partial charge is 0.0802 e. The number of aliphatic hydroxyl groups is 1. The first-order valence-corrected chi connectivity index (χ1v) is 7.08. The number of aliphatic hydroxyl groups excluding tert-OH is 1. The summed E-state index contributed by atoms with van der Waals surface area (Å²) in [6.07, 6.45) is 0.459. The van der Waals surface area contributed by atoms with Crippen LogP contribution in [-0.4, -0.2) is 5.11 Å². The molecule has 4 rings (SSSR count). The molecule has 1 N–H and O–H groups in total. The Balaban J connectivity index is 1.84. The van der Waals surface area contributed by atoms with E-state index >= 15 is 0 Å². The fourth-order valence-electron chi connectivity index (χ4n) is 3.35. The van der Waals surface area contributed by atoms with Gasteiger partial charge in [-0.3, -0.25) is 0 Å². The summed E-state index contributed by atoms with van der Waals surface area (Å²) >= 11 is 0. The molecule has 98 valence electrons. The van der Waals surface area contributed by atoms with Crippen LogP contribution in [0.5, 0.6) is 0 Å². The van der Waals surface area contributed by atoms with E-state index in [9.17, 15) is 5.11 Å². The van der Waals surface area contributed by atoms with E-state index in [-0.39, 0.29) is 6.10 Å². The molecule has 1 heteroatoms. The van der Waals surface area contributed by atoms with Gasteiger partial charge in [-0.2, -0.15) is 0 Å². The predicted molar refractivity (Wildman–Crippen MR) is 81.8 cm³/mol. The van der Waals surface area contributed by atoms with E-state index in [0.717, 1.165) is 12.0 Å². The lowest BCUT2D eigenvalue weighted by atomic mass is 9.91. The van der Waals surface area contributed by atoms with E-state index in [1.807, 2.05) is 12.1 Å². The molecular weight excluding hydrogens is 244 g/mol. The number of benzene rings is 3. The predicted octanol–water partition coefficient (Wildman–Crippen LogP) is 4.41. The van der Waals surface area contributed by atoms with Gasteiger partial charge in [0.15, 0.2) is 0 Å². The van der Waals surface area contributed by atoms with E-state index in [1.54, 1.807) is 0 Å². The van der Waals surface area contributed by atoms with Crippen molar-refractivity contribution in [2.75, 3.05) is 0 Å². The second kappa shape index (κ2) is 4.46. The molecule has 3 aromatic carbocycles. The zero-order chi connectivity index (χ0) is 13.5. The Kier molecular flexibility index (Phi) is 2.61. The van der Waals surface area contributed by atoms with Gasteiger partial charge in [-0.1, -0.05) is 66.7 Å². The molecule has 0 aromatic heterocycles. The summed E-state index contributed by atoms with van der Waals surface area (Å²) in [4.78, 5) is 0. The van der Waals surface area contributed by atoms with Crippen LogP contribution < -0.4 is 0 Å². The maximum Gasteiger partial charge on any atom is 0.0802 e. The van der Waals surface area contributed by atoms with Crippen molar-refractivity contribution >= 4 is 10.8 Å². The van der Waals surface area contributed by atoms with Crippen LogP contribution in [0.1, 0.15) is 35.1 Å². The molecule has 1 aliphatic rings. The SMILES string of the molecule is OC1CC(c2ccc3ccccc3c2)c2ccccc21. The summed E-state index contributed by atoms with van der Waals surface area (Å²) in [7, 11) is 0. The van der Waals surface area contributed by atoms with Crippen molar-refractivity contribution in [2.45, 2.75) is 18.4 Å². The minimum Gasteiger partial charge on any atom is -0.388 e. The molecule has 2 unspecified atom stereocenters. The van der Waals surface area contributed by atoms with E-state index in [1.165, 1.54) is 21.9 Å². The minimum atomic E-state index is -0.331. The second-order valence-corrected chi connectivity index (χ2v) is 5.54. The fraction of sp³-hybridized carbons (Fsp3) is 0.158. The third-order valence-electron chi connectivity index (χ3n) is 4.37. The van der Waals surface area contributed by atoms with E-state index in [4.69, 9.17) is 0 Å². The lowest BCUT2D eigenvalue weighted by molar-refractivity contribution is 0.176. The molecule has 0 spiro atoms. The second-order valence-electron chi connectivity index (χ2n) is 5.54. The maximum atomic E-state index is 10.2. The quantitative estimate of drug-likeness (QED) is 0.687. The van der Waals surface area contributed by atoms with Crippen molar-refractivity contribution in [3.05, 3.63) is 83.4 Å². The van der Waals surface area contributed by atoms with Gasteiger partial charge in [0, 0.05) is 5.92 Å². The molecule has 0 bridgehead atoms. The molecule has 0 heterocycles. The van der Waals surface area contributed by atoms with E-state index < -0.39 is 0 Å². The van der Waals surface area contributed by atoms with Crippen LogP contribution in [0.25, 0.3) is 10.8 Å². The van der Waals surface area contributed by atoms with Crippen LogP contribution >= 0.6 is 0 Å². The third kappa shape index (κ3) is 1.75. The highest BCUT2D eigenvalue weighted by Gasteiger charge is 2.30. The lowest BCUT2D eigenvalue weighted by Gasteiger charge is -2.13.